The van der Waals surface area contributed by atoms with Crippen molar-refractivity contribution in [3.63, 3.8) is 0 Å². The van der Waals surface area contributed by atoms with E-state index in [1.165, 1.54) is 76.8 Å². The first kappa shape index (κ1) is 105. The molecule has 0 aliphatic carbocycles. The summed E-state index contributed by atoms with van der Waals surface area (Å²) in [5.74, 6) is 0.923. The zero-order valence-corrected chi connectivity index (χ0v) is 85.8. The molecule has 0 spiro atoms. The fourth-order valence-electron chi connectivity index (χ4n) is 15.7. The number of sulfonamides is 4. The second kappa shape index (κ2) is 46.7. The molecule has 0 N–H and O–H groups in total. The van der Waals surface area contributed by atoms with Gasteiger partial charge in [0.15, 0.2) is 0 Å². The Morgan fingerprint density at radius 3 is 1.06 bits per heavy atom. The third-order valence-corrected chi connectivity index (χ3v) is 35.0. The van der Waals surface area contributed by atoms with Gasteiger partial charge in [0.1, 0.15) is 16.4 Å². The van der Waals surface area contributed by atoms with Crippen molar-refractivity contribution in [2.75, 3.05) is 105 Å². The summed E-state index contributed by atoms with van der Waals surface area (Å²) in [6.45, 7) is 24.3. The summed E-state index contributed by atoms with van der Waals surface area (Å²) in [5, 5.41) is 39.2. The van der Waals surface area contributed by atoms with Gasteiger partial charge < -0.3 is 24.3 Å². The highest BCUT2D eigenvalue weighted by Crippen LogP contribution is 2.42. The number of carbonyl (C=O) groups excluding carboxylic acids is 3. The van der Waals surface area contributed by atoms with Crippen molar-refractivity contribution >= 4 is 145 Å². The molecule has 0 atom stereocenters. The summed E-state index contributed by atoms with van der Waals surface area (Å²) in [5.41, 5.74) is 10.8. The quantitative estimate of drug-likeness (QED) is 0.0603. The number of ether oxygens (including phenoxy) is 1. The van der Waals surface area contributed by atoms with Crippen LogP contribution in [0.25, 0.3) is 0 Å². The highest BCUT2D eigenvalue weighted by molar-refractivity contribution is 8.01. The molecule has 0 aromatic heterocycles. The number of amides is 3. The number of halogens is 3. The van der Waals surface area contributed by atoms with Gasteiger partial charge in [0.25, 0.3) is 17.7 Å². The highest BCUT2D eigenvalue weighted by atomic mass is 35.5. The Balaban J connectivity index is 0.000000164. The number of hydrogen-bond donors (Lipinski definition) is 0. The summed E-state index contributed by atoms with van der Waals surface area (Å²) < 4.78 is 121. The van der Waals surface area contributed by atoms with Gasteiger partial charge in [0.2, 0.25) is 40.1 Å². The summed E-state index contributed by atoms with van der Waals surface area (Å²) in [6, 6.07) is 71.1. The van der Waals surface area contributed by atoms with E-state index in [1.807, 2.05) is 183 Å². The fourth-order valence-corrected chi connectivity index (χ4v) is 27.6. The third kappa shape index (κ3) is 27.2. The van der Waals surface area contributed by atoms with Gasteiger partial charge in [-0.05, 0) is 265 Å². The van der Waals surface area contributed by atoms with Crippen molar-refractivity contribution in [1.29, 1.82) is 21.0 Å². The Hall–Kier alpha value is -11.0. The van der Waals surface area contributed by atoms with Gasteiger partial charge >= 0.3 is 0 Å². The fraction of sp³-hybridized carbons (Fsp3) is 0.275. The van der Waals surface area contributed by atoms with Crippen molar-refractivity contribution in [1.82, 2.24) is 36.8 Å². The maximum Gasteiger partial charge on any atom is 0.254 e. The molecule has 35 heteroatoms. The minimum absolute atomic E-state index is 0.00826. The predicted molar refractivity (Wildman–Crippen MR) is 541 cm³/mol. The van der Waals surface area contributed by atoms with Gasteiger partial charge in [-0.2, -0.15) is 38.3 Å². The molecule has 0 bridgehead atoms. The van der Waals surface area contributed by atoms with Crippen LogP contribution in [0.5, 0.6) is 11.5 Å². The van der Waals surface area contributed by atoms with E-state index in [0.717, 1.165) is 70.6 Å². The average Bonchev–Trinajstić information content (AvgIpc) is 0.780. The molecule has 0 saturated carbocycles. The lowest BCUT2D eigenvalue weighted by molar-refractivity contribution is 0.0691. The largest absolute Gasteiger partial charge is 0.456 e. The molecule has 4 aliphatic rings. The zero-order valence-electron chi connectivity index (χ0n) is 77.0. The predicted octanol–water partition coefficient (Wildman–Crippen LogP) is 20.0. The van der Waals surface area contributed by atoms with Gasteiger partial charge in [-0.3, -0.25) is 14.4 Å². The average molecular weight is 2050 g/mol. The molecule has 11 aromatic carbocycles. The van der Waals surface area contributed by atoms with Gasteiger partial charge in [-0.25, -0.2) is 33.7 Å². The van der Waals surface area contributed by atoms with E-state index in [1.54, 1.807) is 106 Å². The molecule has 24 nitrogen and oxygen atoms in total. The number of nitrogens with zero attached hydrogens (tertiary/aromatic N) is 12. The van der Waals surface area contributed by atoms with E-state index in [2.05, 4.69) is 18.7 Å². The van der Waals surface area contributed by atoms with Crippen molar-refractivity contribution in [3.05, 3.63) is 317 Å². The van der Waals surface area contributed by atoms with Crippen LogP contribution in [0, 0.1) is 107 Å². The number of nitriles is 4. The lowest BCUT2D eigenvalue weighted by Gasteiger charge is -2.36. The first-order chi connectivity index (χ1) is 65.1. The lowest BCUT2D eigenvalue weighted by atomic mass is 10.1. The van der Waals surface area contributed by atoms with E-state index >= 15 is 0 Å². The van der Waals surface area contributed by atoms with Crippen LogP contribution >= 0.6 is 82.3 Å². The number of benzene rings is 11. The van der Waals surface area contributed by atoms with Crippen molar-refractivity contribution < 1.29 is 52.8 Å². The number of piperazine rings is 4. The Morgan fingerprint density at radius 1 is 0.350 bits per heavy atom. The van der Waals surface area contributed by atoms with E-state index in [9.17, 15) is 69.1 Å². The van der Waals surface area contributed by atoms with E-state index in [4.69, 9.17) is 51.8 Å². The van der Waals surface area contributed by atoms with E-state index in [-0.39, 0.29) is 105 Å². The summed E-state index contributed by atoms with van der Waals surface area (Å²) in [6.07, 6.45) is 0.820. The molecule has 4 heterocycles. The topological polar surface area (TPSA) is 318 Å². The van der Waals surface area contributed by atoms with Gasteiger partial charge in [-0.15, -0.1) is 0 Å². The smallest absolute Gasteiger partial charge is 0.254 e. The zero-order chi connectivity index (χ0) is 99.0. The Labute approximate surface area is 836 Å². The first-order valence-electron chi connectivity index (χ1n) is 43.8. The van der Waals surface area contributed by atoms with Crippen LogP contribution in [-0.4, -0.2) is 198 Å². The maximum absolute atomic E-state index is 13.7. The number of aryl methyl sites for hydroxylation is 8. The van der Waals surface area contributed by atoms with Gasteiger partial charge in [0.05, 0.1) is 66.2 Å². The molecular formula is C102H101Cl3N12O12S8. The van der Waals surface area contributed by atoms with Crippen LogP contribution in [0.2, 0.25) is 15.1 Å². The molecular weight excluding hydrogens is 1950 g/mol. The molecule has 137 heavy (non-hydrogen) atoms. The standard InChI is InChI=1S/3C26H24ClN3O3S2.C24H29N3O3S2/c1-18-3-6-21(7-4-18)26(31)29-9-11-30(12-10-29)35(32,33)25-15-20(17-28)5-8-24(25)34-23-14-19(2)13-22(27)16-23;1-18-4-3-5-21(12-18)26(31)29-8-10-30(11-9-29)35(32,33)25-15-20(17-28)6-7-24(25)34-23-14-19(2)13-22(27)16-23;1-18-13-21(27)16-22(14-18)34-24-8-7-20(17-28)15-25(24)35(32,33)30-11-9-29(10-12-30)26(31)23-6-4-3-5-19(23)2;1-17(2)11-24(31)26-7-9-27(10-8-26)32(28,29)23-15-20(16-25)5-6-22(23)30-21-13-18(3)12-19(4)14-21/h3-8,13-16H,9-12H2,1-2H3;3-7,12-16H,8-11H2,1-2H3;3-8,13-16H,9-12H2,1-2H3;5-6,12-15,17H,7-11H2,1-4H3. The molecule has 4 saturated heterocycles. The number of carbonyl (C=O) groups is 3. The van der Waals surface area contributed by atoms with Crippen LogP contribution in [-0.2, 0) is 40.1 Å². The molecule has 4 fully saturated rings. The minimum atomic E-state index is -3.90. The normalized spacial score (nSPS) is 14.6. The molecule has 710 valence electrons. The van der Waals surface area contributed by atoms with Crippen molar-refractivity contribution in [3.8, 4) is 35.8 Å². The Morgan fingerprint density at radius 2 is 0.693 bits per heavy atom. The van der Waals surface area contributed by atoms with Crippen molar-refractivity contribution in [2.45, 2.75) is 125 Å². The molecule has 3 amide bonds. The summed E-state index contributed by atoms with van der Waals surface area (Å²) >= 11 is 28.0. The number of hydrogen-bond acceptors (Lipinski definition) is 20. The van der Waals surface area contributed by atoms with Crippen LogP contribution in [0.3, 0.4) is 0 Å². The van der Waals surface area contributed by atoms with Crippen LogP contribution in [0.15, 0.2) is 267 Å². The summed E-state index contributed by atoms with van der Waals surface area (Å²) in [7, 11) is -15.5. The molecule has 0 radical (unpaired) electrons. The lowest BCUT2D eigenvalue weighted by Crippen LogP contribution is -2.50. The second-order valence-corrected chi connectivity index (χ2v) is 46.5. The van der Waals surface area contributed by atoms with Crippen LogP contribution in [0.4, 0.5) is 0 Å². The maximum atomic E-state index is 13.7. The second-order valence-electron chi connectivity index (χ2n) is 33.7. The Bertz CT molecular complexity index is 7000. The molecule has 15 rings (SSSR count). The highest BCUT2D eigenvalue weighted by Gasteiger charge is 2.38. The van der Waals surface area contributed by atoms with Crippen LogP contribution in [0.1, 0.15) is 118 Å². The van der Waals surface area contributed by atoms with E-state index < -0.39 is 40.1 Å². The Kier molecular flexibility index (Phi) is 35.7. The molecule has 11 aromatic rings. The first-order valence-corrected chi connectivity index (χ1v) is 53.5. The van der Waals surface area contributed by atoms with Crippen molar-refractivity contribution in [2.24, 2.45) is 5.92 Å². The molecule has 4 aliphatic heterocycles. The molecule has 0 unspecified atom stereocenters. The number of thiocarbonyl (C=S) groups is 1. The van der Waals surface area contributed by atoms with Gasteiger partial charge in [-0.1, -0.05) is 156 Å². The number of rotatable bonds is 21. The van der Waals surface area contributed by atoms with E-state index in [0.29, 0.717) is 124 Å². The monoisotopic (exact) mass is 2050 g/mol. The summed E-state index contributed by atoms with van der Waals surface area (Å²) in [4.78, 5) is 50.9. The third-order valence-electron chi connectivity index (χ3n) is 22.6. The van der Waals surface area contributed by atoms with Crippen LogP contribution < -0.4 is 4.74 Å². The van der Waals surface area contributed by atoms with Gasteiger partial charge in [0, 0.05) is 172 Å². The minimum Gasteiger partial charge on any atom is -0.456 e. The SMILES string of the molecule is Cc1cc(C)cc(Oc2ccc(C#N)cc2S(=O)(=O)N2CCN(C(=S)CC(C)C)CC2)c1.Cc1cc(Cl)cc(Sc2ccc(C#N)cc2S(=O)(=O)N2CCN(C(=O)c3cccc(C)c3)CC2)c1.Cc1cc(Cl)cc(Sc2ccc(C#N)cc2S(=O)(=O)N2CCN(C(=O)c3ccccc3C)CC2)c1.Cc1ccc(C(=O)N2CCN(S(=O)(=O)c3cc(C#N)ccc3Sc3cc(C)cc(Cl)c3)CC2)cc1.